The Labute approximate surface area is 100 Å². The molecule has 3 rings (SSSR count). The normalized spacial score (nSPS) is 30.9. The molecule has 4 heteroatoms. The zero-order valence-electron chi connectivity index (χ0n) is 9.84. The molecule has 4 nitrogen and oxygen atoms in total. The second-order valence-corrected chi connectivity index (χ2v) is 5.04. The second kappa shape index (κ2) is 3.72. The third kappa shape index (κ3) is 1.59. The maximum Gasteiger partial charge on any atom is 0.308 e. The first kappa shape index (κ1) is 10.6. The Kier molecular flexibility index (Phi) is 2.31. The van der Waals surface area contributed by atoms with Crippen LogP contribution in [0.4, 0.5) is 5.69 Å². The molecule has 3 atom stereocenters. The van der Waals surface area contributed by atoms with E-state index in [4.69, 9.17) is 0 Å². The number of nitrogens with zero attached hydrogens (tertiary/aromatic N) is 2. The fourth-order valence-corrected chi connectivity index (χ4v) is 3.35. The number of rotatable bonds is 2. The lowest BCUT2D eigenvalue weighted by atomic mass is 9.89. The highest BCUT2D eigenvalue weighted by atomic mass is 16.4. The van der Waals surface area contributed by atoms with Crippen LogP contribution in [-0.2, 0) is 4.79 Å². The Morgan fingerprint density at radius 2 is 2.35 bits per heavy atom. The minimum absolute atomic E-state index is 0.180. The highest BCUT2D eigenvalue weighted by Gasteiger charge is 2.49. The van der Waals surface area contributed by atoms with Gasteiger partial charge in [-0.15, -0.1) is 0 Å². The zero-order chi connectivity index (χ0) is 12.0. The Morgan fingerprint density at radius 1 is 1.53 bits per heavy atom. The number of carboxylic acids is 1. The molecule has 3 heterocycles. The van der Waals surface area contributed by atoms with Crippen LogP contribution in [0.2, 0.25) is 0 Å². The van der Waals surface area contributed by atoms with Crippen LogP contribution in [0.15, 0.2) is 18.3 Å². The van der Waals surface area contributed by atoms with Gasteiger partial charge in [-0.1, -0.05) is 0 Å². The zero-order valence-corrected chi connectivity index (χ0v) is 9.84. The van der Waals surface area contributed by atoms with Gasteiger partial charge in [0.2, 0.25) is 0 Å². The monoisotopic (exact) mass is 232 g/mol. The van der Waals surface area contributed by atoms with Crippen molar-refractivity contribution in [3.8, 4) is 0 Å². The molecule has 2 fully saturated rings. The van der Waals surface area contributed by atoms with Crippen LogP contribution in [-0.4, -0.2) is 28.1 Å². The third-order valence-electron chi connectivity index (χ3n) is 4.03. The second-order valence-electron chi connectivity index (χ2n) is 5.04. The number of aliphatic carboxylic acids is 1. The average molecular weight is 232 g/mol. The third-order valence-corrected chi connectivity index (χ3v) is 4.03. The number of carbonyl (C=O) groups is 1. The summed E-state index contributed by atoms with van der Waals surface area (Å²) in [6.45, 7) is 1.97. The molecular weight excluding hydrogens is 216 g/mol. The number of aromatic nitrogens is 1. The number of aryl methyl sites for hydroxylation is 1. The van der Waals surface area contributed by atoms with Gasteiger partial charge in [-0.25, -0.2) is 0 Å². The molecule has 1 aromatic rings. The molecule has 2 bridgehead atoms. The van der Waals surface area contributed by atoms with E-state index in [1.54, 1.807) is 6.20 Å². The summed E-state index contributed by atoms with van der Waals surface area (Å²) in [7, 11) is 0. The predicted octanol–water partition coefficient (Wildman–Crippen LogP) is 1.83. The average Bonchev–Trinajstić information content (AvgIpc) is 2.85. The quantitative estimate of drug-likeness (QED) is 0.845. The Hall–Kier alpha value is -1.58. The number of carboxylic acid groups (broad SMARTS) is 1. The fourth-order valence-electron chi connectivity index (χ4n) is 3.35. The van der Waals surface area contributed by atoms with Gasteiger partial charge in [0.25, 0.3) is 0 Å². The van der Waals surface area contributed by atoms with Crippen molar-refractivity contribution >= 4 is 11.7 Å². The molecule has 0 aliphatic carbocycles. The SMILES string of the molecule is Cc1cc(N2C3CCC2C(C(=O)O)C3)ccn1. The summed E-state index contributed by atoms with van der Waals surface area (Å²) in [4.78, 5) is 17.7. The Morgan fingerprint density at radius 3 is 3.00 bits per heavy atom. The summed E-state index contributed by atoms with van der Waals surface area (Å²) in [6, 6.07) is 4.63. The van der Waals surface area contributed by atoms with Gasteiger partial charge in [-0.2, -0.15) is 0 Å². The van der Waals surface area contributed by atoms with Gasteiger partial charge in [0.1, 0.15) is 0 Å². The van der Waals surface area contributed by atoms with Gasteiger partial charge in [-0.3, -0.25) is 9.78 Å². The van der Waals surface area contributed by atoms with Crippen LogP contribution in [0.1, 0.15) is 25.0 Å². The van der Waals surface area contributed by atoms with Crippen LogP contribution < -0.4 is 4.90 Å². The topological polar surface area (TPSA) is 53.4 Å². The van der Waals surface area contributed by atoms with Gasteiger partial charge >= 0.3 is 5.97 Å². The highest BCUT2D eigenvalue weighted by molar-refractivity contribution is 5.74. The first-order valence-electron chi connectivity index (χ1n) is 6.10. The Balaban J connectivity index is 1.93. The fraction of sp³-hybridized carbons (Fsp3) is 0.538. The van der Waals surface area contributed by atoms with E-state index in [1.165, 1.54) is 0 Å². The maximum atomic E-state index is 11.2. The van der Waals surface area contributed by atoms with E-state index in [9.17, 15) is 9.90 Å². The van der Waals surface area contributed by atoms with Crippen molar-refractivity contribution in [3.63, 3.8) is 0 Å². The van der Waals surface area contributed by atoms with E-state index < -0.39 is 5.97 Å². The largest absolute Gasteiger partial charge is 0.481 e. The minimum atomic E-state index is -0.645. The molecule has 0 saturated carbocycles. The number of fused-ring (bicyclic) bond motifs is 2. The smallest absolute Gasteiger partial charge is 0.308 e. The summed E-state index contributed by atoms with van der Waals surface area (Å²) in [5, 5.41) is 9.22. The van der Waals surface area contributed by atoms with Crippen molar-refractivity contribution in [2.75, 3.05) is 4.90 Å². The van der Waals surface area contributed by atoms with Crippen LogP contribution in [0.5, 0.6) is 0 Å². The molecule has 0 spiro atoms. The van der Waals surface area contributed by atoms with Gasteiger partial charge in [0.05, 0.1) is 5.92 Å². The lowest BCUT2D eigenvalue weighted by Gasteiger charge is -2.25. The van der Waals surface area contributed by atoms with Crippen molar-refractivity contribution in [3.05, 3.63) is 24.0 Å². The summed E-state index contributed by atoms with van der Waals surface area (Å²) in [6.07, 6.45) is 4.72. The Bertz CT molecular complexity index is 460. The molecule has 2 saturated heterocycles. The number of pyridine rings is 1. The van der Waals surface area contributed by atoms with Crippen molar-refractivity contribution < 1.29 is 9.90 Å². The van der Waals surface area contributed by atoms with Crippen molar-refractivity contribution in [2.24, 2.45) is 5.92 Å². The van der Waals surface area contributed by atoms with E-state index in [0.29, 0.717) is 6.04 Å². The summed E-state index contributed by atoms with van der Waals surface area (Å²) in [5.74, 6) is -0.838. The lowest BCUT2D eigenvalue weighted by Crippen LogP contribution is -2.32. The van der Waals surface area contributed by atoms with Crippen LogP contribution in [0.3, 0.4) is 0 Å². The van der Waals surface area contributed by atoms with E-state index in [2.05, 4.69) is 16.0 Å². The molecule has 0 amide bonds. The van der Waals surface area contributed by atoms with Crippen LogP contribution in [0.25, 0.3) is 0 Å². The highest BCUT2D eigenvalue weighted by Crippen LogP contribution is 2.44. The van der Waals surface area contributed by atoms with E-state index in [0.717, 1.165) is 30.6 Å². The molecule has 0 radical (unpaired) electrons. The molecule has 0 aromatic carbocycles. The van der Waals surface area contributed by atoms with E-state index in [1.807, 2.05) is 13.0 Å². The van der Waals surface area contributed by atoms with Crippen molar-refractivity contribution in [1.29, 1.82) is 0 Å². The van der Waals surface area contributed by atoms with E-state index >= 15 is 0 Å². The molecule has 17 heavy (non-hydrogen) atoms. The summed E-state index contributed by atoms with van der Waals surface area (Å²) < 4.78 is 0. The minimum Gasteiger partial charge on any atom is -0.481 e. The maximum absolute atomic E-state index is 11.2. The lowest BCUT2D eigenvalue weighted by molar-refractivity contribution is -0.142. The van der Waals surface area contributed by atoms with Crippen LogP contribution in [0, 0.1) is 12.8 Å². The van der Waals surface area contributed by atoms with E-state index in [-0.39, 0.29) is 12.0 Å². The molecule has 2 aliphatic heterocycles. The van der Waals surface area contributed by atoms with Crippen molar-refractivity contribution in [1.82, 2.24) is 4.98 Å². The van der Waals surface area contributed by atoms with Gasteiger partial charge in [-0.05, 0) is 38.3 Å². The van der Waals surface area contributed by atoms with Gasteiger partial charge in [0, 0.05) is 29.7 Å². The summed E-state index contributed by atoms with van der Waals surface area (Å²) in [5.41, 5.74) is 2.12. The molecule has 90 valence electrons. The summed E-state index contributed by atoms with van der Waals surface area (Å²) >= 11 is 0. The molecule has 1 N–H and O–H groups in total. The van der Waals surface area contributed by atoms with Gasteiger partial charge in [0.15, 0.2) is 0 Å². The number of anilines is 1. The van der Waals surface area contributed by atoms with Crippen LogP contribution >= 0.6 is 0 Å². The number of hydrogen-bond acceptors (Lipinski definition) is 3. The standard InChI is InChI=1S/C13H16N2O2/c1-8-6-10(4-5-14-8)15-9-2-3-12(15)11(7-9)13(16)17/h4-6,9,11-12H,2-3,7H2,1H3,(H,16,17). The molecular formula is C13H16N2O2. The first-order chi connectivity index (χ1) is 8.16. The number of hydrogen-bond donors (Lipinski definition) is 1. The molecule has 1 aromatic heterocycles. The molecule has 3 unspecified atom stereocenters. The van der Waals surface area contributed by atoms with Gasteiger partial charge < -0.3 is 10.0 Å². The predicted molar refractivity (Wildman–Crippen MR) is 64.0 cm³/mol. The van der Waals surface area contributed by atoms with Crippen molar-refractivity contribution in [2.45, 2.75) is 38.3 Å². The molecule has 2 aliphatic rings. The first-order valence-corrected chi connectivity index (χ1v) is 6.10.